The topological polar surface area (TPSA) is 29.9 Å². The zero-order valence-corrected chi connectivity index (χ0v) is 10.2. The Kier molecular flexibility index (Phi) is 4.04. The monoisotopic (exact) mass is 251 g/mol. The Balaban J connectivity index is 2.08. The molecule has 0 spiro atoms. The van der Waals surface area contributed by atoms with E-state index in [-0.39, 0.29) is 6.54 Å². The van der Waals surface area contributed by atoms with Crippen LogP contribution in [0.25, 0.3) is 0 Å². The van der Waals surface area contributed by atoms with Crippen molar-refractivity contribution in [2.24, 2.45) is 0 Å². The Labute approximate surface area is 104 Å². The van der Waals surface area contributed by atoms with Gasteiger partial charge in [0.05, 0.1) is 12.7 Å². The molecule has 1 N–H and O–H groups in total. The molecule has 5 heteroatoms. The van der Waals surface area contributed by atoms with Crippen LogP contribution in [0.3, 0.4) is 0 Å². The number of benzene rings is 1. The normalized spacial score (nSPS) is 10.8. The third-order valence-electron chi connectivity index (χ3n) is 2.61. The molecule has 0 fully saturated rings. The first kappa shape index (κ1) is 12.7. The summed E-state index contributed by atoms with van der Waals surface area (Å²) in [5.41, 5.74) is 1.32. The molecule has 1 heterocycles. The Morgan fingerprint density at radius 1 is 1.33 bits per heavy atom. The second-order valence-electron chi connectivity index (χ2n) is 4.06. The Bertz CT molecular complexity index is 523. The van der Waals surface area contributed by atoms with Gasteiger partial charge in [0, 0.05) is 23.9 Å². The van der Waals surface area contributed by atoms with E-state index in [0.29, 0.717) is 5.56 Å². The van der Waals surface area contributed by atoms with Crippen molar-refractivity contribution in [2.45, 2.75) is 20.0 Å². The van der Waals surface area contributed by atoms with Crippen molar-refractivity contribution >= 4 is 0 Å². The lowest BCUT2D eigenvalue weighted by molar-refractivity contribution is 0.566. The lowest BCUT2D eigenvalue weighted by Crippen LogP contribution is -2.11. The van der Waals surface area contributed by atoms with Crippen LogP contribution in [-0.4, -0.2) is 16.3 Å². The fourth-order valence-electron chi connectivity index (χ4n) is 1.69. The van der Waals surface area contributed by atoms with Gasteiger partial charge in [-0.3, -0.25) is 4.68 Å². The van der Waals surface area contributed by atoms with Crippen LogP contribution in [0.5, 0.6) is 0 Å². The largest absolute Gasteiger partial charge is 0.313 e. The van der Waals surface area contributed by atoms with Crippen molar-refractivity contribution < 1.29 is 8.78 Å². The Hall–Kier alpha value is -1.75. The lowest BCUT2D eigenvalue weighted by atomic mass is 10.2. The van der Waals surface area contributed by atoms with Crippen LogP contribution >= 0.6 is 0 Å². The fraction of sp³-hybridized carbons (Fsp3) is 0.308. The number of halogens is 2. The molecule has 0 radical (unpaired) electrons. The summed E-state index contributed by atoms with van der Waals surface area (Å²) in [6, 6.07) is 3.44. The van der Waals surface area contributed by atoms with Crippen LogP contribution in [0, 0.1) is 11.6 Å². The van der Waals surface area contributed by atoms with Gasteiger partial charge < -0.3 is 5.32 Å². The molecule has 0 aliphatic carbocycles. The van der Waals surface area contributed by atoms with Gasteiger partial charge >= 0.3 is 0 Å². The molecule has 2 aromatic rings. The summed E-state index contributed by atoms with van der Waals surface area (Å²) in [5.74, 6) is -0.855. The molecule has 0 atom stereocenters. The van der Waals surface area contributed by atoms with Crippen molar-refractivity contribution in [2.75, 3.05) is 6.54 Å². The Morgan fingerprint density at radius 3 is 2.94 bits per heavy atom. The second-order valence-corrected chi connectivity index (χ2v) is 4.06. The lowest BCUT2D eigenvalue weighted by Gasteiger charge is -2.03. The minimum absolute atomic E-state index is 0.232. The van der Waals surface area contributed by atoms with Crippen LogP contribution in [-0.2, 0) is 13.1 Å². The van der Waals surface area contributed by atoms with Crippen LogP contribution in [0.15, 0.2) is 30.6 Å². The zero-order valence-electron chi connectivity index (χ0n) is 10.2. The molecule has 0 bridgehead atoms. The molecule has 0 saturated carbocycles. The maximum absolute atomic E-state index is 13.4. The molecule has 0 unspecified atom stereocenters. The standard InChI is InChI=1S/C13H15F2N3/c1-2-16-6-10-7-17-18(8-10)9-11-5-12(14)3-4-13(11)15/h3-5,7-8,16H,2,6,9H2,1H3. The predicted octanol–water partition coefficient (Wildman–Crippen LogP) is 2.32. The van der Waals surface area contributed by atoms with Crippen molar-refractivity contribution in [3.8, 4) is 0 Å². The molecule has 0 saturated heterocycles. The van der Waals surface area contributed by atoms with Gasteiger partial charge in [-0.05, 0) is 24.7 Å². The fourth-order valence-corrected chi connectivity index (χ4v) is 1.69. The number of nitrogens with one attached hydrogen (secondary N) is 1. The summed E-state index contributed by atoms with van der Waals surface area (Å²) in [5, 5.41) is 7.30. The third-order valence-corrected chi connectivity index (χ3v) is 2.61. The quantitative estimate of drug-likeness (QED) is 0.883. The molecule has 3 nitrogen and oxygen atoms in total. The molecule has 0 aliphatic rings. The summed E-state index contributed by atoms with van der Waals surface area (Å²) in [6.07, 6.45) is 3.55. The van der Waals surface area contributed by atoms with Gasteiger partial charge in [-0.2, -0.15) is 5.10 Å². The number of nitrogens with zero attached hydrogens (tertiary/aromatic N) is 2. The van der Waals surface area contributed by atoms with E-state index in [4.69, 9.17) is 0 Å². The van der Waals surface area contributed by atoms with E-state index >= 15 is 0 Å². The van der Waals surface area contributed by atoms with Gasteiger partial charge in [-0.25, -0.2) is 8.78 Å². The van der Waals surface area contributed by atoms with Crippen molar-refractivity contribution in [1.82, 2.24) is 15.1 Å². The van der Waals surface area contributed by atoms with Crippen LogP contribution in [0.1, 0.15) is 18.1 Å². The van der Waals surface area contributed by atoms with E-state index in [2.05, 4.69) is 10.4 Å². The van der Waals surface area contributed by atoms with Crippen molar-refractivity contribution in [1.29, 1.82) is 0 Å². The van der Waals surface area contributed by atoms with Crippen LogP contribution < -0.4 is 5.32 Å². The summed E-state index contributed by atoms with van der Waals surface area (Å²) < 4.78 is 28.1. The van der Waals surface area contributed by atoms with Gasteiger partial charge in [-0.1, -0.05) is 6.92 Å². The molecular formula is C13H15F2N3. The number of hydrogen-bond acceptors (Lipinski definition) is 2. The van der Waals surface area contributed by atoms with Gasteiger partial charge in [0.1, 0.15) is 11.6 Å². The minimum atomic E-state index is -0.438. The molecule has 2 rings (SSSR count). The van der Waals surface area contributed by atoms with E-state index < -0.39 is 11.6 Å². The van der Waals surface area contributed by atoms with E-state index in [1.807, 2.05) is 13.1 Å². The molecular weight excluding hydrogens is 236 g/mol. The first-order valence-electron chi connectivity index (χ1n) is 5.85. The predicted molar refractivity (Wildman–Crippen MR) is 65.1 cm³/mol. The summed E-state index contributed by atoms with van der Waals surface area (Å²) in [4.78, 5) is 0. The minimum Gasteiger partial charge on any atom is -0.313 e. The highest BCUT2D eigenvalue weighted by atomic mass is 19.1. The van der Waals surface area contributed by atoms with Gasteiger partial charge in [-0.15, -0.1) is 0 Å². The first-order valence-corrected chi connectivity index (χ1v) is 5.85. The number of hydrogen-bond donors (Lipinski definition) is 1. The number of rotatable bonds is 5. The highest BCUT2D eigenvalue weighted by Gasteiger charge is 2.06. The highest BCUT2D eigenvalue weighted by molar-refractivity contribution is 5.19. The highest BCUT2D eigenvalue weighted by Crippen LogP contribution is 2.11. The van der Waals surface area contributed by atoms with Crippen LogP contribution in [0.4, 0.5) is 8.78 Å². The third kappa shape index (κ3) is 3.13. The molecule has 0 aliphatic heterocycles. The van der Waals surface area contributed by atoms with E-state index in [9.17, 15) is 8.78 Å². The molecule has 18 heavy (non-hydrogen) atoms. The maximum Gasteiger partial charge on any atom is 0.128 e. The summed E-state index contributed by atoms with van der Waals surface area (Å²) >= 11 is 0. The molecule has 1 aromatic carbocycles. The maximum atomic E-state index is 13.4. The van der Waals surface area contributed by atoms with E-state index in [1.54, 1.807) is 10.9 Å². The van der Waals surface area contributed by atoms with E-state index in [1.165, 1.54) is 6.07 Å². The zero-order chi connectivity index (χ0) is 13.0. The molecule has 0 amide bonds. The average molecular weight is 251 g/mol. The van der Waals surface area contributed by atoms with Crippen molar-refractivity contribution in [3.05, 3.63) is 53.4 Å². The average Bonchev–Trinajstić information content (AvgIpc) is 2.79. The second kappa shape index (κ2) is 5.73. The SMILES string of the molecule is CCNCc1cnn(Cc2cc(F)ccc2F)c1. The summed E-state index contributed by atoms with van der Waals surface area (Å²) in [6.45, 7) is 3.86. The summed E-state index contributed by atoms with van der Waals surface area (Å²) in [7, 11) is 0. The smallest absolute Gasteiger partial charge is 0.128 e. The van der Waals surface area contributed by atoms with Gasteiger partial charge in [0.25, 0.3) is 0 Å². The van der Waals surface area contributed by atoms with E-state index in [0.717, 1.165) is 30.8 Å². The molecule has 1 aromatic heterocycles. The number of aromatic nitrogens is 2. The first-order chi connectivity index (χ1) is 8.69. The van der Waals surface area contributed by atoms with Gasteiger partial charge in [0.15, 0.2) is 0 Å². The molecule has 96 valence electrons. The van der Waals surface area contributed by atoms with Crippen molar-refractivity contribution in [3.63, 3.8) is 0 Å². The Morgan fingerprint density at radius 2 is 2.17 bits per heavy atom. The van der Waals surface area contributed by atoms with Crippen LogP contribution in [0.2, 0.25) is 0 Å². The van der Waals surface area contributed by atoms with Gasteiger partial charge in [0.2, 0.25) is 0 Å².